The number of carbonyl (C=O) groups excluding carboxylic acids is 1. The van der Waals surface area contributed by atoms with Crippen molar-refractivity contribution in [1.82, 2.24) is 9.36 Å². The molecule has 0 atom stereocenters. The van der Waals surface area contributed by atoms with Gasteiger partial charge in [0.05, 0.1) is 16.5 Å². The van der Waals surface area contributed by atoms with Crippen molar-refractivity contribution in [3.05, 3.63) is 58.8 Å². The fourth-order valence-electron chi connectivity index (χ4n) is 2.34. The van der Waals surface area contributed by atoms with Crippen LogP contribution in [0.3, 0.4) is 0 Å². The second-order valence-electron chi connectivity index (χ2n) is 5.95. The van der Waals surface area contributed by atoms with E-state index in [1.807, 2.05) is 0 Å². The lowest BCUT2D eigenvalue weighted by atomic mass is 10.2. The Morgan fingerprint density at radius 3 is 2.57 bits per heavy atom. The molecule has 0 radical (unpaired) electrons. The number of sulfonamides is 1. The molecule has 0 aliphatic heterocycles. The number of nitrogens with zero attached hydrogens (tertiary/aromatic N) is 2. The maximum Gasteiger partial charge on any atom is 0.263 e. The molecule has 158 valence electrons. The van der Waals surface area contributed by atoms with Crippen molar-refractivity contribution in [2.45, 2.75) is 17.7 Å². The summed E-state index contributed by atoms with van der Waals surface area (Å²) in [6.45, 7) is 0.309. The summed E-state index contributed by atoms with van der Waals surface area (Å²) in [6.07, 6.45) is 1.96. The second kappa shape index (κ2) is 10.1. The molecule has 2 N–H and O–H groups in total. The lowest BCUT2D eigenvalue weighted by molar-refractivity contribution is -0.116. The lowest BCUT2D eigenvalue weighted by Gasteiger charge is -2.09. The van der Waals surface area contributed by atoms with E-state index in [1.165, 1.54) is 30.6 Å². The first-order valence-corrected chi connectivity index (χ1v) is 11.6. The molecule has 2 aromatic carbocycles. The number of anilines is 2. The van der Waals surface area contributed by atoms with Crippen LogP contribution in [-0.4, -0.2) is 30.3 Å². The van der Waals surface area contributed by atoms with Crippen LogP contribution in [0.2, 0.25) is 10.0 Å². The average molecular weight is 487 g/mol. The molecule has 0 saturated heterocycles. The fourth-order valence-corrected chi connectivity index (χ4v) is 4.46. The monoisotopic (exact) mass is 486 g/mol. The van der Waals surface area contributed by atoms with Gasteiger partial charge in [-0.1, -0.05) is 23.2 Å². The van der Waals surface area contributed by atoms with E-state index in [2.05, 4.69) is 19.4 Å². The van der Waals surface area contributed by atoms with Crippen LogP contribution >= 0.6 is 34.7 Å². The zero-order valence-corrected chi connectivity index (χ0v) is 18.5. The summed E-state index contributed by atoms with van der Waals surface area (Å²) in [5.41, 5.74) is 0.483. The van der Waals surface area contributed by atoms with Crippen molar-refractivity contribution >= 4 is 61.5 Å². The molecule has 1 heterocycles. The highest BCUT2D eigenvalue weighted by Gasteiger charge is 2.16. The maximum atomic E-state index is 12.3. The van der Waals surface area contributed by atoms with Gasteiger partial charge >= 0.3 is 0 Å². The first-order valence-electron chi connectivity index (χ1n) is 8.61. The summed E-state index contributed by atoms with van der Waals surface area (Å²) in [6, 6.07) is 10.7. The third-order valence-corrected chi connectivity index (χ3v) is 6.33. The van der Waals surface area contributed by atoms with Crippen LogP contribution in [0.1, 0.15) is 12.8 Å². The van der Waals surface area contributed by atoms with E-state index >= 15 is 0 Å². The number of amides is 1. The molecule has 30 heavy (non-hydrogen) atoms. The van der Waals surface area contributed by atoms with Gasteiger partial charge in [0.2, 0.25) is 11.0 Å². The maximum absolute atomic E-state index is 12.3. The molecule has 0 saturated carbocycles. The third-order valence-electron chi connectivity index (χ3n) is 3.73. The van der Waals surface area contributed by atoms with Gasteiger partial charge in [0.1, 0.15) is 12.1 Å². The van der Waals surface area contributed by atoms with Gasteiger partial charge in [-0.05, 0) is 48.9 Å². The summed E-state index contributed by atoms with van der Waals surface area (Å²) in [4.78, 5) is 15.9. The highest BCUT2D eigenvalue weighted by atomic mass is 35.5. The van der Waals surface area contributed by atoms with Gasteiger partial charge in [0, 0.05) is 28.7 Å². The van der Waals surface area contributed by atoms with Crippen molar-refractivity contribution < 1.29 is 17.9 Å². The summed E-state index contributed by atoms with van der Waals surface area (Å²) >= 11 is 12.8. The number of rotatable bonds is 9. The minimum Gasteiger partial charge on any atom is -0.492 e. The Morgan fingerprint density at radius 2 is 1.90 bits per heavy atom. The van der Waals surface area contributed by atoms with E-state index in [0.717, 1.165) is 11.5 Å². The molecule has 12 heteroatoms. The third kappa shape index (κ3) is 6.30. The zero-order chi connectivity index (χ0) is 21.6. The molecular weight excluding hydrogens is 471 g/mol. The molecule has 0 bridgehead atoms. The van der Waals surface area contributed by atoms with Crippen molar-refractivity contribution in [2.75, 3.05) is 16.6 Å². The lowest BCUT2D eigenvalue weighted by Crippen LogP contribution is -2.14. The van der Waals surface area contributed by atoms with E-state index in [1.54, 1.807) is 18.2 Å². The predicted molar refractivity (Wildman–Crippen MR) is 117 cm³/mol. The van der Waals surface area contributed by atoms with Crippen LogP contribution in [0.4, 0.5) is 10.8 Å². The Labute approximate surface area is 187 Å². The Kier molecular flexibility index (Phi) is 7.48. The van der Waals surface area contributed by atoms with Crippen LogP contribution < -0.4 is 14.8 Å². The van der Waals surface area contributed by atoms with Crippen LogP contribution in [0, 0.1) is 0 Å². The molecule has 3 rings (SSSR count). The summed E-state index contributed by atoms with van der Waals surface area (Å²) < 4.78 is 36.2. The van der Waals surface area contributed by atoms with Crippen LogP contribution in [0.5, 0.6) is 5.75 Å². The molecular formula is C18H16Cl2N4O4S2. The Balaban J connectivity index is 1.46. The molecule has 0 fully saturated rings. The largest absolute Gasteiger partial charge is 0.492 e. The normalized spacial score (nSPS) is 11.1. The minimum atomic E-state index is -3.77. The Bertz CT molecular complexity index is 1110. The quantitative estimate of drug-likeness (QED) is 0.432. The Hall–Kier alpha value is -2.40. The van der Waals surface area contributed by atoms with Gasteiger partial charge in [0.15, 0.2) is 0 Å². The highest BCUT2D eigenvalue weighted by molar-refractivity contribution is 7.93. The summed E-state index contributed by atoms with van der Waals surface area (Å²) in [5.74, 6) is 0.281. The molecule has 8 nitrogen and oxygen atoms in total. The molecule has 3 aromatic rings. The van der Waals surface area contributed by atoms with Gasteiger partial charge < -0.3 is 10.1 Å². The van der Waals surface area contributed by atoms with E-state index in [4.69, 9.17) is 27.9 Å². The first-order chi connectivity index (χ1) is 14.3. The topological polar surface area (TPSA) is 110 Å². The fraction of sp³-hybridized carbons (Fsp3) is 0.167. The number of nitrogens with one attached hydrogen (secondary N) is 2. The van der Waals surface area contributed by atoms with E-state index in [0.29, 0.717) is 34.5 Å². The number of hydrogen-bond acceptors (Lipinski definition) is 7. The van der Waals surface area contributed by atoms with Gasteiger partial charge in [-0.2, -0.15) is 4.37 Å². The molecule has 1 aromatic heterocycles. The Morgan fingerprint density at radius 1 is 1.13 bits per heavy atom. The van der Waals surface area contributed by atoms with Crippen LogP contribution in [0.15, 0.2) is 53.7 Å². The summed E-state index contributed by atoms with van der Waals surface area (Å²) in [5, 5.41) is 3.81. The van der Waals surface area contributed by atoms with Gasteiger partial charge in [-0.15, -0.1) is 0 Å². The number of halogens is 2. The second-order valence-corrected chi connectivity index (χ2v) is 9.26. The highest BCUT2D eigenvalue weighted by Crippen LogP contribution is 2.27. The average Bonchev–Trinajstić information content (AvgIpc) is 3.19. The van der Waals surface area contributed by atoms with Crippen LogP contribution in [0.25, 0.3) is 0 Å². The van der Waals surface area contributed by atoms with Crippen molar-refractivity contribution in [1.29, 1.82) is 0 Å². The minimum absolute atomic E-state index is 0.0453. The van der Waals surface area contributed by atoms with Gasteiger partial charge in [-0.25, -0.2) is 13.4 Å². The van der Waals surface area contributed by atoms with Crippen molar-refractivity contribution in [2.24, 2.45) is 0 Å². The summed E-state index contributed by atoms with van der Waals surface area (Å²) in [7, 11) is -3.77. The smallest absolute Gasteiger partial charge is 0.263 e. The van der Waals surface area contributed by atoms with Gasteiger partial charge in [0.25, 0.3) is 10.0 Å². The van der Waals surface area contributed by atoms with Crippen LogP contribution in [-0.2, 0) is 14.8 Å². The van der Waals surface area contributed by atoms with Crippen molar-refractivity contribution in [3.8, 4) is 5.75 Å². The van der Waals surface area contributed by atoms with E-state index < -0.39 is 10.0 Å². The number of hydrogen-bond donors (Lipinski definition) is 2. The predicted octanol–water partition coefficient (Wildman–Crippen LogP) is 4.44. The zero-order valence-electron chi connectivity index (χ0n) is 15.3. The standard InChI is InChI=1S/C18H16Cl2N4O4S2/c19-12-3-8-16(15(20)10-12)28-9-1-2-17(25)23-13-4-6-14(7-5-13)30(26,27)24-18-21-11-22-29-18/h3-8,10-11H,1-2,9H2,(H,23,25)(H,21,22,24). The number of aromatic nitrogens is 2. The van der Waals surface area contributed by atoms with Crippen molar-refractivity contribution in [3.63, 3.8) is 0 Å². The molecule has 0 unspecified atom stereocenters. The van der Waals surface area contributed by atoms with Gasteiger partial charge in [-0.3, -0.25) is 9.52 Å². The molecule has 1 amide bonds. The molecule has 0 aliphatic carbocycles. The molecule has 0 aliphatic rings. The van der Waals surface area contributed by atoms with E-state index in [9.17, 15) is 13.2 Å². The number of benzene rings is 2. The first kappa shape index (κ1) is 22.3. The van der Waals surface area contributed by atoms with E-state index in [-0.39, 0.29) is 22.4 Å². The SMILES string of the molecule is O=C(CCCOc1ccc(Cl)cc1Cl)Nc1ccc(S(=O)(=O)Nc2ncns2)cc1. The number of ether oxygens (including phenoxy) is 1. The number of carbonyl (C=O) groups is 1. The molecule has 0 spiro atoms.